The summed E-state index contributed by atoms with van der Waals surface area (Å²) in [5, 5.41) is 11.1. The van der Waals surface area contributed by atoms with Crippen LogP contribution in [0, 0.1) is 25.7 Å². The molecule has 0 spiro atoms. The van der Waals surface area contributed by atoms with Crippen molar-refractivity contribution >= 4 is 5.91 Å². The van der Waals surface area contributed by atoms with Crippen LogP contribution < -0.4 is 10.6 Å². The van der Waals surface area contributed by atoms with E-state index in [1.165, 1.54) is 0 Å². The van der Waals surface area contributed by atoms with Gasteiger partial charge in [0.15, 0.2) is 0 Å². The molecule has 0 radical (unpaired) electrons. The summed E-state index contributed by atoms with van der Waals surface area (Å²) < 4.78 is 2.04. The molecule has 22 heavy (non-hydrogen) atoms. The molecule has 2 N–H and O–H groups in total. The zero-order valence-corrected chi connectivity index (χ0v) is 14.6. The van der Waals surface area contributed by atoms with Crippen LogP contribution in [0.25, 0.3) is 0 Å². The van der Waals surface area contributed by atoms with Gasteiger partial charge in [0.1, 0.15) is 0 Å². The molecule has 1 fully saturated rings. The molecule has 2 unspecified atom stereocenters. The normalized spacial score (nSPS) is 22.1. The van der Waals surface area contributed by atoms with E-state index in [1.54, 1.807) is 0 Å². The first-order valence-electron chi connectivity index (χ1n) is 8.41. The lowest BCUT2D eigenvalue weighted by molar-refractivity contribution is -0.121. The molecule has 2 atom stereocenters. The van der Waals surface area contributed by atoms with Crippen molar-refractivity contribution < 1.29 is 4.79 Å². The van der Waals surface area contributed by atoms with Gasteiger partial charge in [-0.05, 0) is 38.6 Å². The van der Waals surface area contributed by atoms with Crippen molar-refractivity contribution in [2.75, 3.05) is 13.1 Å². The van der Waals surface area contributed by atoms with Crippen molar-refractivity contribution in [3.8, 4) is 0 Å². The van der Waals surface area contributed by atoms with Crippen LogP contribution in [0.15, 0.2) is 0 Å². The lowest BCUT2D eigenvalue weighted by Crippen LogP contribution is -2.50. The van der Waals surface area contributed by atoms with E-state index in [0.29, 0.717) is 18.3 Å². The Morgan fingerprint density at radius 2 is 2.18 bits per heavy atom. The third-order valence-electron chi connectivity index (χ3n) is 4.58. The lowest BCUT2D eigenvalue weighted by Gasteiger charge is -2.30. The second kappa shape index (κ2) is 7.27. The average molecular weight is 306 g/mol. The molecular formula is C17H30N4O. The second-order valence-electron chi connectivity index (χ2n) is 7.05. The molecule has 0 aromatic carbocycles. The maximum atomic E-state index is 12.4. The highest BCUT2D eigenvalue weighted by atomic mass is 16.1. The second-order valence-corrected chi connectivity index (χ2v) is 7.05. The molecule has 1 saturated heterocycles. The van der Waals surface area contributed by atoms with Gasteiger partial charge in [-0.3, -0.25) is 9.48 Å². The van der Waals surface area contributed by atoms with Crippen molar-refractivity contribution in [2.24, 2.45) is 11.8 Å². The van der Waals surface area contributed by atoms with Crippen LogP contribution in [0.3, 0.4) is 0 Å². The number of piperidine rings is 1. The molecular weight excluding hydrogens is 276 g/mol. The first-order chi connectivity index (χ1) is 10.4. The van der Waals surface area contributed by atoms with Crippen LogP contribution in [0.4, 0.5) is 0 Å². The largest absolute Gasteiger partial charge is 0.352 e. The predicted octanol–water partition coefficient (Wildman–Crippen LogP) is 1.81. The molecule has 2 heterocycles. The Morgan fingerprint density at radius 1 is 1.45 bits per heavy atom. The Morgan fingerprint density at radius 3 is 2.82 bits per heavy atom. The molecule has 1 amide bonds. The smallest absolute Gasteiger partial charge is 0.224 e. The Hall–Kier alpha value is -1.36. The summed E-state index contributed by atoms with van der Waals surface area (Å²) in [7, 11) is 0. The first kappa shape index (κ1) is 17.0. The first-order valence-corrected chi connectivity index (χ1v) is 8.41. The Kier molecular flexibility index (Phi) is 5.62. The fourth-order valence-corrected chi connectivity index (χ4v) is 3.11. The summed E-state index contributed by atoms with van der Waals surface area (Å²) in [5.41, 5.74) is 3.17. The molecule has 1 aliphatic heterocycles. The van der Waals surface area contributed by atoms with E-state index in [9.17, 15) is 4.79 Å². The lowest BCUT2D eigenvalue weighted by atomic mass is 9.94. The minimum absolute atomic E-state index is 0.107. The third-order valence-corrected chi connectivity index (χ3v) is 4.58. The summed E-state index contributed by atoms with van der Waals surface area (Å²) in [6, 6.07) is 0.243. The number of hydrogen-bond acceptors (Lipinski definition) is 3. The Labute approximate surface area is 133 Å². The van der Waals surface area contributed by atoms with Gasteiger partial charge in [0.2, 0.25) is 5.91 Å². The van der Waals surface area contributed by atoms with Gasteiger partial charge >= 0.3 is 0 Å². The van der Waals surface area contributed by atoms with Crippen molar-refractivity contribution in [3.63, 3.8) is 0 Å². The number of aromatic nitrogens is 2. The Balaban J connectivity index is 2.00. The van der Waals surface area contributed by atoms with Crippen LogP contribution >= 0.6 is 0 Å². The topological polar surface area (TPSA) is 59.0 Å². The van der Waals surface area contributed by atoms with Crippen molar-refractivity contribution in [1.82, 2.24) is 20.4 Å². The number of carbonyl (C=O) groups is 1. The van der Waals surface area contributed by atoms with E-state index < -0.39 is 0 Å². The van der Waals surface area contributed by atoms with Gasteiger partial charge in [-0.15, -0.1) is 0 Å². The molecule has 1 aromatic heterocycles. The van der Waals surface area contributed by atoms with Crippen molar-refractivity contribution in [3.05, 3.63) is 17.0 Å². The van der Waals surface area contributed by atoms with E-state index in [4.69, 9.17) is 0 Å². The highest BCUT2D eigenvalue weighted by Crippen LogP contribution is 2.16. The van der Waals surface area contributed by atoms with Gasteiger partial charge in [0.25, 0.3) is 0 Å². The SMILES string of the molecule is Cc1nn(CC(C)C)c(C)c1CC(=O)NC1CNCCC1C. The number of hydrogen-bond donors (Lipinski definition) is 2. The maximum Gasteiger partial charge on any atom is 0.224 e. The number of nitrogens with zero attached hydrogens (tertiary/aromatic N) is 2. The fraction of sp³-hybridized carbons (Fsp3) is 0.765. The molecule has 124 valence electrons. The van der Waals surface area contributed by atoms with Crippen LogP contribution in [0.5, 0.6) is 0 Å². The van der Waals surface area contributed by atoms with Gasteiger partial charge in [-0.25, -0.2) is 0 Å². The summed E-state index contributed by atoms with van der Waals surface area (Å²) in [5.74, 6) is 1.20. The molecule has 2 rings (SSSR count). The number of rotatable bonds is 5. The minimum atomic E-state index is 0.107. The summed E-state index contributed by atoms with van der Waals surface area (Å²) in [6.07, 6.45) is 1.55. The van der Waals surface area contributed by atoms with E-state index in [2.05, 4.69) is 43.4 Å². The number of amides is 1. The molecule has 1 aliphatic rings. The maximum absolute atomic E-state index is 12.4. The van der Waals surface area contributed by atoms with E-state index in [1.807, 2.05) is 11.6 Å². The monoisotopic (exact) mass is 306 g/mol. The molecule has 5 heteroatoms. The van der Waals surface area contributed by atoms with Gasteiger partial charge in [0.05, 0.1) is 12.1 Å². The number of nitrogens with one attached hydrogen (secondary N) is 2. The average Bonchev–Trinajstić information content (AvgIpc) is 2.68. The minimum Gasteiger partial charge on any atom is -0.352 e. The highest BCUT2D eigenvalue weighted by Gasteiger charge is 2.23. The summed E-state index contributed by atoms with van der Waals surface area (Å²) >= 11 is 0. The van der Waals surface area contributed by atoms with Crippen molar-refractivity contribution in [1.29, 1.82) is 0 Å². The van der Waals surface area contributed by atoms with Gasteiger partial charge in [-0.2, -0.15) is 5.10 Å². The van der Waals surface area contributed by atoms with Crippen LogP contribution in [-0.2, 0) is 17.8 Å². The van der Waals surface area contributed by atoms with Crippen LogP contribution in [0.2, 0.25) is 0 Å². The van der Waals surface area contributed by atoms with E-state index >= 15 is 0 Å². The number of aryl methyl sites for hydroxylation is 1. The third kappa shape index (κ3) is 4.09. The van der Waals surface area contributed by atoms with Gasteiger partial charge in [-0.1, -0.05) is 20.8 Å². The molecule has 1 aromatic rings. The zero-order valence-electron chi connectivity index (χ0n) is 14.6. The molecule has 5 nitrogen and oxygen atoms in total. The quantitative estimate of drug-likeness (QED) is 0.872. The molecule has 0 bridgehead atoms. The summed E-state index contributed by atoms with van der Waals surface area (Å²) in [4.78, 5) is 12.4. The van der Waals surface area contributed by atoms with E-state index in [-0.39, 0.29) is 11.9 Å². The summed E-state index contributed by atoms with van der Waals surface area (Å²) in [6.45, 7) is 13.5. The zero-order chi connectivity index (χ0) is 16.3. The molecule has 0 saturated carbocycles. The predicted molar refractivity (Wildman–Crippen MR) is 88.8 cm³/mol. The Bertz CT molecular complexity index is 521. The van der Waals surface area contributed by atoms with Crippen molar-refractivity contribution in [2.45, 2.75) is 60.0 Å². The molecule has 0 aliphatic carbocycles. The highest BCUT2D eigenvalue weighted by molar-refractivity contribution is 5.79. The number of carbonyl (C=O) groups excluding carboxylic acids is 1. The van der Waals surface area contributed by atoms with Gasteiger partial charge < -0.3 is 10.6 Å². The fourth-order valence-electron chi connectivity index (χ4n) is 3.11. The van der Waals surface area contributed by atoms with Crippen LogP contribution in [0.1, 0.15) is 44.1 Å². The van der Waals surface area contributed by atoms with Crippen LogP contribution in [-0.4, -0.2) is 34.8 Å². The van der Waals surface area contributed by atoms with E-state index in [0.717, 1.165) is 43.0 Å². The standard InChI is InChI=1S/C17H30N4O/c1-11(2)10-21-14(5)15(13(4)20-21)8-17(22)19-16-9-18-7-6-12(16)3/h11-12,16,18H,6-10H2,1-5H3,(H,19,22). The van der Waals surface area contributed by atoms with Gasteiger partial charge in [0, 0.05) is 30.4 Å².